The number of fused-ring (bicyclic) bond motifs is 1. The van der Waals surface area contributed by atoms with E-state index >= 15 is 0 Å². The van der Waals surface area contributed by atoms with Crippen molar-refractivity contribution < 1.29 is 32.2 Å². The van der Waals surface area contributed by atoms with Crippen LogP contribution in [0.15, 0.2) is 42.5 Å². The molecule has 0 saturated carbocycles. The Balaban J connectivity index is 1.50. The van der Waals surface area contributed by atoms with Gasteiger partial charge in [-0.25, -0.2) is 0 Å². The van der Waals surface area contributed by atoms with Gasteiger partial charge in [0.15, 0.2) is 17.3 Å². The quantitative estimate of drug-likeness (QED) is 0.759. The lowest BCUT2D eigenvalue weighted by atomic mass is 10.1. The summed E-state index contributed by atoms with van der Waals surface area (Å²) in [4.78, 5) is 24.2. The first-order valence-electron chi connectivity index (χ1n) is 8.68. The zero-order chi connectivity index (χ0) is 20.1. The van der Waals surface area contributed by atoms with Crippen LogP contribution in [0.3, 0.4) is 0 Å². The average molecular weight is 393 g/mol. The molecule has 1 N–H and O–H groups in total. The number of nitrogens with one attached hydrogen (secondary N) is 1. The van der Waals surface area contributed by atoms with E-state index < -0.39 is 17.6 Å². The van der Waals surface area contributed by atoms with E-state index in [2.05, 4.69) is 5.32 Å². The van der Waals surface area contributed by atoms with E-state index in [-0.39, 0.29) is 25.2 Å². The number of carbonyl (C=O) groups excluding carboxylic acids is 2. The molecule has 148 valence electrons. The van der Waals surface area contributed by atoms with Crippen LogP contribution in [0.2, 0.25) is 0 Å². The Hall–Kier alpha value is -3.03. The maximum Gasteiger partial charge on any atom is 0.416 e. The largest absolute Gasteiger partial charge is 0.486 e. The number of ether oxygens (including phenoxy) is 2. The number of carbonyl (C=O) groups is 2. The third kappa shape index (κ3) is 5.03. The molecular formula is C20H18F3NO4. The molecule has 1 amide bonds. The van der Waals surface area contributed by atoms with Crippen LogP contribution in [0.25, 0.3) is 0 Å². The fourth-order valence-corrected chi connectivity index (χ4v) is 2.73. The molecule has 2 aromatic rings. The number of Topliss-reactive ketones (excluding diaryl/α,β-unsaturated/α-hetero) is 1. The molecule has 28 heavy (non-hydrogen) atoms. The summed E-state index contributed by atoms with van der Waals surface area (Å²) in [5.41, 5.74) is -0.0238. The summed E-state index contributed by atoms with van der Waals surface area (Å²) in [6, 6.07) is 9.58. The van der Waals surface area contributed by atoms with Gasteiger partial charge >= 0.3 is 6.18 Å². The van der Waals surface area contributed by atoms with E-state index in [4.69, 9.17) is 9.47 Å². The highest BCUT2D eigenvalue weighted by Gasteiger charge is 2.30. The van der Waals surface area contributed by atoms with Gasteiger partial charge in [-0.15, -0.1) is 0 Å². The maximum atomic E-state index is 12.7. The SMILES string of the molecule is O=C(CCC(=O)c1ccc2c(c1)OCCO2)NCc1cccc(C(F)(F)F)c1. The molecule has 0 spiro atoms. The van der Waals surface area contributed by atoms with Crippen molar-refractivity contribution in [3.05, 3.63) is 59.2 Å². The highest BCUT2D eigenvalue weighted by Crippen LogP contribution is 2.31. The van der Waals surface area contributed by atoms with Crippen LogP contribution in [0.4, 0.5) is 13.2 Å². The summed E-state index contributed by atoms with van der Waals surface area (Å²) in [7, 11) is 0. The molecule has 0 aliphatic carbocycles. The van der Waals surface area contributed by atoms with E-state index in [1.54, 1.807) is 18.2 Å². The van der Waals surface area contributed by atoms with Crippen LogP contribution in [0, 0.1) is 0 Å². The van der Waals surface area contributed by atoms with Gasteiger partial charge in [-0.2, -0.15) is 13.2 Å². The minimum atomic E-state index is -4.43. The molecule has 0 atom stereocenters. The van der Waals surface area contributed by atoms with Gasteiger partial charge in [-0.05, 0) is 35.9 Å². The van der Waals surface area contributed by atoms with Crippen molar-refractivity contribution in [1.29, 1.82) is 0 Å². The lowest BCUT2D eigenvalue weighted by Gasteiger charge is -2.18. The van der Waals surface area contributed by atoms with Gasteiger partial charge in [0.25, 0.3) is 0 Å². The van der Waals surface area contributed by atoms with E-state index in [1.807, 2.05) is 0 Å². The van der Waals surface area contributed by atoms with Crippen molar-refractivity contribution in [3.63, 3.8) is 0 Å². The molecule has 1 heterocycles. The van der Waals surface area contributed by atoms with Crippen molar-refractivity contribution in [2.24, 2.45) is 0 Å². The van der Waals surface area contributed by atoms with Crippen LogP contribution in [0.1, 0.15) is 34.3 Å². The maximum absolute atomic E-state index is 12.7. The van der Waals surface area contributed by atoms with Crippen LogP contribution < -0.4 is 14.8 Å². The number of alkyl halides is 3. The van der Waals surface area contributed by atoms with Gasteiger partial charge in [-0.3, -0.25) is 9.59 Å². The van der Waals surface area contributed by atoms with Crippen molar-refractivity contribution in [2.75, 3.05) is 13.2 Å². The molecule has 0 aromatic heterocycles. The topological polar surface area (TPSA) is 64.6 Å². The van der Waals surface area contributed by atoms with Gasteiger partial charge in [-0.1, -0.05) is 12.1 Å². The van der Waals surface area contributed by atoms with Gasteiger partial charge in [0.2, 0.25) is 5.91 Å². The number of hydrogen-bond donors (Lipinski definition) is 1. The zero-order valence-corrected chi connectivity index (χ0v) is 14.8. The van der Waals surface area contributed by atoms with Crippen LogP contribution in [0.5, 0.6) is 11.5 Å². The Morgan fingerprint density at radius 2 is 1.71 bits per heavy atom. The standard InChI is InChI=1S/C20H18F3NO4/c21-20(22,23)15-3-1-2-13(10-15)12-24-19(26)7-5-16(25)14-4-6-17-18(11-14)28-9-8-27-17/h1-4,6,10-11H,5,7-9,12H2,(H,24,26). The number of benzene rings is 2. The molecule has 2 aromatic carbocycles. The Morgan fingerprint density at radius 3 is 2.46 bits per heavy atom. The number of halogens is 3. The van der Waals surface area contributed by atoms with E-state index in [0.29, 0.717) is 35.8 Å². The number of hydrogen-bond acceptors (Lipinski definition) is 4. The summed E-state index contributed by atoms with van der Waals surface area (Å²) in [6.45, 7) is 0.815. The number of ketones is 1. The average Bonchev–Trinajstić information content (AvgIpc) is 2.69. The first-order chi connectivity index (χ1) is 13.3. The Kier molecular flexibility index (Phi) is 5.87. The van der Waals surface area contributed by atoms with E-state index in [9.17, 15) is 22.8 Å². The predicted molar refractivity (Wildman–Crippen MR) is 94.3 cm³/mol. The van der Waals surface area contributed by atoms with Crippen LogP contribution >= 0.6 is 0 Å². The monoisotopic (exact) mass is 393 g/mol. The Labute approximate surface area is 159 Å². The van der Waals surface area contributed by atoms with Crippen LogP contribution in [-0.2, 0) is 17.5 Å². The molecule has 1 aliphatic heterocycles. The Bertz CT molecular complexity index is 880. The lowest BCUT2D eigenvalue weighted by molar-refractivity contribution is -0.137. The molecule has 3 rings (SSSR count). The lowest BCUT2D eigenvalue weighted by Crippen LogP contribution is -2.23. The van der Waals surface area contributed by atoms with Gasteiger partial charge in [0.05, 0.1) is 5.56 Å². The normalized spacial score (nSPS) is 13.1. The second kappa shape index (κ2) is 8.33. The molecule has 0 fully saturated rings. The molecule has 0 bridgehead atoms. The van der Waals surface area contributed by atoms with Crippen molar-refractivity contribution >= 4 is 11.7 Å². The molecule has 0 unspecified atom stereocenters. The minimum Gasteiger partial charge on any atom is -0.486 e. The molecule has 1 aliphatic rings. The highest BCUT2D eigenvalue weighted by molar-refractivity contribution is 5.98. The van der Waals surface area contributed by atoms with E-state index in [0.717, 1.165) is 12.1 Å². The summed E-state index contributed by atoms with van der Waals surface area (Å²) in [5.74, 6) is 0.419. The summed E-state index contributed by atoms with van der Waals surface area (Å²) >= 11 is 0. The zero-order valence-electron chi connectivity index (χ0n) is 14.8. The van der Waals surface area contributed by atoms with E-state index in [1.165, 1.54) is 12.1 Å². The molecular weight excluding hydrogens is 375 g/mol. The molecule has 0 radical (unpaired) electrons. The first kappa shape index (κ1) is 19.7. The van der Waals surface area contributed by atoms with Crippen LogP contribution in [-0.4, -0.2) is 24.9 Å². The first-order valence-corrected chi connectivity index (χ1v) is 8.68. The molecule has 8 heteroatoms. The number of amides is 1. The van der Waals surface area contributed by atoms with Crippen molar-refractivity contribution in [3.8, 4) is 11.5 Å². The molecule has 5 nitrogen and oxygen atoms in total. The smallest absolute Gasteiger partial charge is 0.416 e. The van der Waals surface area contributed by atoms with Gasteiger partial charge < -0.3 is 14.8 Å². The predicted octanol–water partition coefficient (Wildman–Crippen LogP) is 3.76. The molecule has 0 saturated heterocycles. The van der Waals surface area contributed by atoms with Gasteiger partial charge in [0.1, 0.15) is 13.2 Å². The highest BCUT2D eigenvalue weighted by atomic mass is 19.4. The summed E-state index contributed by atoms with van der Waals surface area (Å²) < 4.78 is 48.9. The van der Waals surface area contributed by atoms with Crippen molar-refractivity contribution in [1.82, 2.24) is 5.32 Å². The second-order valence-corrected chi connectivity index (χ2v) is 6.26. The number of rotatable bonds is 6. The minimum absolute atomic E-state index is 0.0198. The van der Waals surface area contributed by atoms with Crippen molar-refractivity contribution in [2.45, 2.75) is 25.6 Å². The third-order valence-electron chi connectivity index (χ3n) is 4.19. The Morgan fingerprint density at radius 1 is 0.964 bits per heavy atom. The summed E-state index contributed by atoms with van der Waals surface area (Å²) in [6.07, 6.45) is -4.52. The summed E-state index contributed by atoms with van der Waals surface area (Å²) in [5, 5.41) is 2.53. The fraction of sp³-hybridized carbons (Fsp3) is 0.300. The fourth-order valence-electron chi connectivity index (χ4n) is 2.73. The third-order valence-corrected chi connectivity index (χ3v) is 4.19. The second-order valence-electron chi connectivity index (χ2n) is 6.26. The van der Waals surface area contributed by atoms with Gasteiger partial charge in [0, 0.05) is 24.9 Å².